The fourth-order valence-electron chi connectivity index (χ4n) is 2.11. The van der Waals surface area contributed by atoms with Crippen LogP contribution in [0.1, 0.15) is 29.9 Å². The number of carbonyl (C=O) groups is 1. The van der Waals surface area contributed by atoms with Crippen LogP contribution in [0.25, 0.3) is 0 Å². The Kier molecular flexibility index (Phi) is 3.52. The van der Waals surface area contributed by atoms with E-state index in [4.69, 9.17) is 10.5 Å². The number of aromatic nitrogens is 1. The van der Waals surface area contributed by atoms with Crippen LogP contribution in [-0.2, 0) is 4.74 Å². The molecule has 2 N–H and O–H groups in total. The van der Waals surface area contributed by atoms with E-state index in [-0.39, 0.29) is 18.1 Å². The van der Waals surface area contributed by atoms with Crippen molar-refractivity contribution in [3.05, 3.63) is 23.5 Å². The number of hydrogen-bond donors (Lipinski definition) is 1. The summed E-state index contributed by atoms with van der Waals surface area (Å²) < 4.78 is 5.53. The van der Waals surface area contributed by atoms with Crippen molar-refractivity contribution >= 4 is 11.6 Å². The Morgan fingerprint density at radius 3 is 3.00 bits per heavy atom. The Morgan fingerprint density at radius 1 is 1.56 bits per heavy atom. The number of anilines is 1. The number of nitrogens with two attached hydrogens (primary N) is 1. The van der Waals surface area contributed by atoms with Crippen LogP contribution in [0.3, 0.4) is 0 Å². The Balaban J connectivity index is 2.27. The number of amides is 1. The zero-order valence-electron chi connectivity index (χ0n) is 11.0. The van der Waals surface area contributed by atoms with Gasteiger partial charge in [-0.3, -0.25) is 9.78 Å². The molecule has 1 saturated heterocycles. The number of pyridine rings is 1. The highest BCUT2D eigenvalue weighted by Gasteiger charge is 2.29. The van der Waals surface area contributed by atoms with E-state index in [0.717, 1.165) is 0 Å². The third-order valence-electron chi connectivity index (χ3n) is 3.21. The maximum absolute atomic E-state index is 12.5. The van der Waals surface area contributed by atoms with Gasteiger partial charge in [0.05, 0.1) is 41.9 Å². The predicted octanol–water partition coefficient (Wildman–Crippen LogP) is 1.22. The second kappa shape index (κ2) is 4.94. The molecule has 1 fully saturated rings. The van der Waals surface area contributed by atoms with E-state index < -0.39 is 0 Å². The maximum atomic E-state index is 12.5. The molecule has 5 nitrogen and oxygen atoms in total. The zero-order valence-corrected chi connectivity index (χ0v) is 11.0. The van der Waals surface area contributed by atoms with E-state index in [9.17, 15) is 4.79 Å². The fraction of sp³-hybridized carbons (Fsp3) is 0.538. The lowest BCUT2D eigenvalue weighted by Crippen LogP contribution is -2.50. The minimum absolute atomic E-state index is 0.0186. The SMILES string of the molecule is Cc1ncc(N)cc1C(=O)N1CC(C)OCC1C. The van der Waals surface area contributed by atoms with Crippen LogP contribution < -0.4 is 5.73 Å². The highest BCUT2D eigenvalue weighted by molar-refractivity contribution is 5.96. The van der Waals surface area contributed by atoms with Gasteiger partial charge in [0.15, 0.2) is 0 Å². The summed E-state index contributed by atoms with van der Waals surface area (Å²) in [4.78, 5) is 18.5. The number of nitrogens with zero attached hydrogens (tertiary/aromatic N) is 2. The van der Waals surface area contributed by atoms with Crippen molar-refractivity contribution in [2.24, 2.45) is 0 Å². The van der Waals surface area contributed by atoms with Crippen molar-refractivity contribution < 1.29 is 9.53 Å². The number of ether oxygens (including phenoxy) is 1. The Morgan fingerprint density at radius 2 is 2.28 bits per heavy atom. The monoisotopic (exact) mass is 249 g/mol. The second-order valence-corrected chi connectivity index (χ2v) is 4.85. The van der Waals surface area contributed by atoms with E-state index in [1.807, 2.05) is 25.7 Å². The Bertz CT molecular complexity index is 462. The summed E-state index contributed by atoms with van der Waals surface area (Å²) in [5.41, 5.74) is 7.50. The smallest absolute Gasteiger partial charge is 0.256 e. The van der Waals surface area contributed by atoms with E-state index in [0.29, 0.717) is 30.1 Å². The molecular weight excluding hydrogens is 230 g/mol. The molecular formula is C13H19N3O2. The van der Waals surface area contributed by atoms with Gasteiger partial charge in [-0.05, 0) is 26.8 Å². The third kappa shape index (κ3) is 2.46. The molecule has 0 spiro atoms. The summed E-state index contributed by atoms with van der Waals surface area (Å²) in [7, 11) is 0. The Labute approximate surface area is 107 Å². The molecule has 0 bridgehead atoms. The molecule has 2 heterocycles. The summed E-state index contributed by atoms with van der Waals surface area (Å²) in [5.74, 6) is -0.0186. The van der Waals surface area contributed by atoms with E-state index >= 15 is 0 Å². The molecule has 2 unspecified atom stereocenters. The quantitative estimate of drug-likeness (QED) is 0.812. The molecule has 1 amide bonds. The van der Waals surface area contributed by atoms with Gasteiger partial charge in [0, 0.05) is 6.54 Å². The maximum Gasteiger partial charge on any atom is 0.256 e. The lowest BCUT2D eigenvalue weighted by Gasteiger charge is -2.37. The largest absolute Gasteiger partial charge is 0.397 e. The fourth-order valence-corrected chi connectivity index (χ4v) is 2.11. The highest BCUT2D eigenvalue weighted by Crippen LogP contribution is 2.18. The molecule has 2 atom stereocenters. The average molecular weight is 249 g/mol. The molecule has 2 rings (SSSR count). The standard InChI is InChI=1S/C13H19N3O2/c1-8-7-18-9(2)6-16(8)13(17)12-4-11(14)5-15-10(12)3/h4-5,8-9H,6-7,14H2,1-3H3. The zero-order chi connectivity index (χ0) is 13.3. The molecule has 0 radical (unpaired) electrons. The van der Waals surface area contributed by atoms with Gasteiger partial charge in [0.2, 0.25) is 0 Å². The number of rotatable bonds is 1. The van der Waals surface area contributed by atoms with Crippen molar-refractivity contribution in [1.82, 2.24) is 9.88 Å². The minimum atomic E-state index is -0.0186. The number of carbonyl (C=O) groups excluding carboxylic acids is 1. The topological polar surface area (TPSA) is 68.5 Å². The molecule has 0 aromatic carbocycles. The minimum Gasteiger partial charge on any atom is -0.397 e. The normalized spacial score (nSPS) is 24.1. The Hall–Kier alpha value is -1.62. The van der Waals surface area contributed by atoms with Gasteiger partial charge in [-0.15, -0.1) is 0 Å². The van der Waals surface area contributed by atoms with Gasteiger partial charge < -0.3 is 15.4 Å². The number of hydrogen-bond acceptors (Lipinski definition) is 4. The lowest BCUT2D eigenvalue weighted by molar-refractivity contribution is -0.0387. The molecule has 18 heavy (non-hydrogen) atoms. The lowest BCUT2D eigenvalue weighted by atomic mass is 10.1. The predicted molar refractivity (Wildman–Crippen MR) is 69.3 cm³/mol. The van der Waals surface area contributed by atoms with Crippen LogP contribution in [0.5, 0.6) is 0 Å². The van der Waals surface area contributed by atoms with Gasteiger partial charge >= 0.3 is 0 Å². The first-order chi connectivity index (χ1) is 8.49. The van der Waals surface area contributed by atoms with Crippen LogP contribution in [0.2, 0.25) is 0 Å². The van der Waals surface area contributed by atoms with Crippen molar-refractivity contribution in [2.75, 3.05) is 18.9 Å². The molecule has 0 saturated carbocycles. The molecule has 1 aromatic rings. The first-order valence-corrected chi connectivity index (χ1v) is 6.13. The number of morpholine rings is 1. The average Bonchev–Trinajstić information content (AvgIpc) is 2.34. The summed E-state index contributed by atoms with van der Waals surface area (Å²) in [5, 5.41) is 0. The first kappa shape index (κ1) is 12.8. The highest BCUT2D eigenvalue weighted by atomic mass is 16.5. The van der Waals surface area contributed by atoms with E-state index in [2.05, 4.69) is 4.98 Å². The van der Waals surface area contributed by atoms with E-state index in [1.165, 1.54) is 0 Å². The molecule has 1 aromatic heterocycles. The molecule has 98 valence electrons. The molecule has 0 aliphatic carbocycles. The van der Waals surface area contributed by atoms with Crippen molar-refractivity contribution in [3.8, 4) is 0 Å². The summed E-state index contributed by atoms with van der Waals surface area (Å²) >= 11 is 0. The van der Waals surface area contributed by atoms with Crippen molar-refractivity contribution in [3.63, 3.8) is 0 Å². The van der Waals surface area contributed by atoms with Gasteiger partial charge in [0.25, 0.3) is 5.91 Å². The van der Waals surface area contributed by atoms with Crippen molar-refractivity contribution in [1.29, 1.82) is 0 Å². The van der Waals surface area contributed by atoms with Gasteiger partial charge in [-0.25, -0.2) is 0 Å². The summed E-state index contributed by atoms with van der Waals surface area (Å²) in [6.07, 6.45) is 1.64. The van der Waals surface area contributed by atoms with Gasteiger partial charge in [0.1, 0.15) is 0 Å². The van der Waals surface area contributed by atoms with Gasteiger partial charge in [-0.1, -0.05) is 0 Å². The van der Waals surface area contributed by atoms with Crippen LogP contribution in [0.4, 0.5) is 5.69 Å². The van der Waals surface area contributed by atoms with Crippen LogP contribution in [-0.4, -0.2) is 41.1 Å². The van der Waals surface area contributed by atoms with Crippen molar-refractivity contribution in [2.45, 2.75) is 32.9 Å². The molecule has 5 heteroatoms. The number of aryl methyl sites for hydroxylation is 1. The van der Waals surface area contributed by atoms with Gasteiger partial charge in [-0.2, -0.15) is 0 Å². The second-order valence-electron chi connectivity index (χ2n) is 4.85. The van der Waals surface area contributed by atoms with Crippen LogP contribution in [0.15, 0.2) is 12.3 Å². The summed E-state index contributed by atoms with van der Waals surface area (Å²) in [6.45, 7) is 6.95. The molecule has 1 aliphatic rings. The first-order valence-electron chi connectivity index (χ1n) is 6.13. The van der Waals surface area contributed by atoms with Crippen LogP contribution in [0, 0.1) is 6.92 Å². The number of nitrogen functional groups attached to an aromatic ring is 1. The van der Waals surface area contributed by atoms with E-state index in [1.54, 1.807) is 12.3 Å². The molecule has 1 aliphatic heterocycles. The van der Waals surface area contributed by atoms with Crippen LogP contribution >= 0.6 is 0 Å². The third-order valence-corrected chi connectivity index (χ3v) is 3.21. The summed E-state index contributed by atoms with van der Waals surface area (Å²) in [6, 6.07) is 1.77.